The maximum atomic E-state index is 13.0. The minimum absolute atomic E-state index is 0.0187. The summed E-state index contributed by atoms with van der Waals surface area (Å²) in [6.45, 7) is 3.29. The lowest BCUT2D eigenvalue weighted by atomic mass is 10.1. The first kappa shape index (κ1) is 15.2. The van der Waals surface area contributed by atoms with E-state index in [0.717, 1.165) is 5.56 Å². The van der Waals surface area contributed by atoms with Crippen molar-refractivity contribution in [1.29, 1.82) is 0 Å². The van der Waals surface area contributed by atoms with E-state index in [1.54, 1.807) is 12.1 Å². The first-order valence-electron chi connectivity index (χ1n) is 6.79. The fourth-order valence-electron chi connectivity index (χ4n) is 2.38. The van der Waals surface area contributed by atoms with Gasteiger partial charge >= 0.3 is 6.18 Å². The maximum Gasteiger partial charge on any atom is 0.450 e. The van der Waals surface area contributed by atoms with Gasteiger partial charge in [0.25, 0.3) is 0 Å². The highest BCUT2D eigenvalue weighted by Crippen LogP contribution is 2.40. The van der Waals surface area contributed by atoms with Crippen LogP contribution in [0.5, 0.6) is 5.75 Å². The lowest BCUT2D eigenvalue weighted by Crippen LogP contribution is -2.04. The molecule has 0 aliphatic rings. The zero-order chi connectivity index (χ0) is 16.8. The standard InChI is InChI=1S/C16H13F3N2O2/c1-8-3-4-14(22)10(5-8)12-7-13(21-20-12)11-6-9(2)23-15(11)16(17,18)19/h3-7,22H,1-2H3,(H,20,21). The number of alkyl halides is 3. The number of phenolic OH excluding ortho intramolecular Hbond substituents is 1. The van der Waals surface area contributed by atoms with Crippen LogP contribution in [0.4, 0.5) is 13.2 Å². The van der Waals surface area contributed by atoms with Crippen molar-refractivity contribution < 1.29 is 22.7 Å². The number of nitrogens with zero attached hydrogens (tertiary/aromatic N) is 1. The summed E-state index contributed by atoms with van der Waals surface area (Å²) in [6, 6.07) is 7.72. The summed E-state index contributed by atoms with van der Waals surface area (Å²) in [5.41, 5.74) is 1.77. The van der Waals surface area contributed by atoms with Gasteiger partial charge in [-0.25, -0.2) is 0 Å². The third-order valence-electron chi connectivity index (χ3n) is 3.41. The Hall–Kier alpha value is -2.70. The van der Waals surface area contributed by atoms with Gasteiger partial charge in [-0.05, 0) is 38.1 Å². The van der Waals surface area contributed by atoms with E-state index in [0.29, 0.717) is 11.3 Å². The number of aromatic amines is 1. The van der Waals surface area contributed by atoms with E-state index >= 15 is 0 Å². The molecule has 2 heterocycles. The number of rotatable bonds is 2. The Bertz CT molecular complexity index is 863. The number of benzene rings is 1. The van der Waals surface area contributed by atoms with Crippen molar-refractivity contribution in [2.24, 2.45) is 0 Å². The van der Waals surface area contributed by atoms with Crippen molar-refractivity contribution in [3.63, 3.8) is 0 Å². The number of H-pyrrole nitrogens is 1. The average molecular weight is 322 g/mol. The Balaban J connectivity index is 2.08. The maximum absolute atomic E-state index is 13.0. The number of aromatic nitrogens is 2. The number of nitrogens with one attached hydrogen (secondary N) is 1. The zero-order valence-corrected chi connectivity index (χ0v) is 12.3. The first-order valence-corrected chi connectivity index (χ1v) is 6.79. The fraction of sp³-hybridized carbons (Fsp3) is 0.188. The number of phenols is 1. The molecule has 7 heteroatoms. The molecule has 2 N–H and O–H groups in total. The number of furan rings is 1. The largest absolute Gasteiger partial charge is 0.507 e. The van der Waals surface area contributed by atoms with Crippen LogP contribution in [-0.2, 0) is 6.18 Å². The van der Waals surface area contributed by atoms with Gasteiger partial charge in [0.2, 0.25) is 5.76 Å². The molecule has 0 atom stereocenters. The van der Waals surface area contributed by atoms with Gasteiger partial charge in [0, 0.05) is 5.56 Å². The second kappa shape index (κ2) is 5.19. The molecule has 0 spiro atoms. The third kappa shape index (κ3) is 2.81. The van der Waals surface area contributed by atoms with Gasteiger partial charge in [0.15, 0.2) is 0 Å². The Kier molecular flexibility index (Phi) is 3.43. The second-order valence-electron chi connectivity index (χ2n) is 5.29. The molecule has 3 rings (SSSR count). The summed E-state index contributed by atoms with van der Waals surface area (Å²) in [4.78, 5) is 0. The van der Waals surface area contributed by atoms with Crippen molar-refractivity contribution in [2.45, 2.75) is 20.0 Å². The van der Waals surface area contributed by atoms with Gasteiger partial charge < -0.3 is 9.52 Å². The molecule has 0 aliphatic carbocycles. The molecule has 0 bridgehead atoms. The first-order chi connectivity index (χ1) is 10.8. The summed E-state index contributed by atoms with van der Waals surface area (Å²) in [6.07, 6.45) is -4.60. The molecule has 0 unspecified atom stereocenters. The van der Waals surface area contributed by atoms with E-state index in [1.807, 2.05) is 6.92 Å². The Morgan fingerprint density at radius 2 is 1.83 bits per heavy atom. The molecule has 0 amide bonds. The van der Waals surface area contributed by atoms with Crippen LogP contribution >= 0.6 is 0 Å². The zero-order valence-electron chi connectivity index (χ0n) is 12.3. The number of hydrogen-bond donors (Lipinski definition) is 2. The summed E-state index contributed by atoms with van der Waals surface area (Å²) in [5, 5.41) is 16.5. The summed E-state index contributed by atoms with van der Waals surface area (Å²) >= 11 is 0. The molecule has 3 aromatic rings. The molecule has 2 aromatic heterocycles. The molecule has 0 radical (unpaired) electrons. The second-order valence-corrected chi connectivity index (χ2v) is 5.29. The van der Waals surface area contributed by atoms with Crippen LogP contribution in [0.15, 0.2) is 34.7 Å². The summed E-state index contributed by atoms with van der Waals surface area (Å²) in [7, 11) is 0. The van der Waals surface area contributed by atoms with Crippen molar-refractivity contribution in [3.05, 3.63) is 47.4 Å². The molecule has 0 saturated carbocycles. The number of hydrogen-bond acceptors (Lipinski definition) is 3. The highest BCUT2D eigenvalue weighted by atomic mass is 19.4. The molecule has 120 valence electrons. The van der Waals surface area contributed by atoms with Crippen LogP contribution in [0.2, 0.25) is 0 Å². The van der Waals surface area contributed by atoms with Crippen LogP contribution in [0.3, 0.4) is 0 Å². The highest BCUT2D eigenvalue weighted by Gasteiger charge is 2.39. The van der Waals surface area contributed by atoms with Gasteiger partial charge in [0.1, 0.15) is 11.5 Å². The predicted molar refractivity (Wildman–Crippen MR) is 77.9 cm³/mol. The topological polar surface area (TPSA) is 62.1 Å². The summed E-state index contributed by atoms with van der Waals surface area (Å²) < 4.78 is 43.8. The van der Waals surface area contributed by atoms with E-state index in [1.165, 1.54) is 25.1 Å². The van der Waals surface area contributed by atoms with Crippen LogP contribution in [0.1, 0.15) is 17.1 Å². The van der Waals surface area contributed by atoms with Gasteiger partial charge in [0.05, 0.1) is 17.0 Å². The molecular weight excluding hydrogens is 309 g/mol. The molecule has 1 aromatic carbocycles. The normalized spacial score (nSPS) is 11.9. The van der Waals surface area contributed by atoms with Crippen LogP contribution in [0.25, 0.3) is 22.5 Å². The smallest absolute Gasteiger partial charge is 0.450 e. The quantitative estimate of drug-likeness (QED) is 0.720. The molecular formula is C16H13F3N2O2. The van der Waals surface area contributed by atoms with E-state index in [2.05, 4.69) is 10.2 Å². The molecule has 0 saturated heterocycles. The van der Waals surface area contributed by atoms with Crippen LogP contribution in [-0.4, -0.2) is 15.3 Å². The monoisotopic (exact) mass is 322 g/mol. The van der Waals surface area contributed by atoms with Crippen molar-refractivity contribution in [1.82, 2.24) is 10.2 Å². The van der Waals surface area contributed by atoms with Crippen LogP contribution in [0, 0.1) is 13.8 Å². The van der Waals surface area contributed by atoms with E-state index < -0.39 is 11.9 Å². The fourth-order valence-corrected chi connectivity index (χ4v) is 2.38. The number of aromatic hydroxyl groups is 1. The molecule has 23 heavy (non-hydrogen) atoms. The highest BCUT2D eigenvalue weighted by molar-refractivity contribution is 5.73. The Labute approximate surface area is 129 Å². The lowest BCUT2D eigenvalue weighted by Gasteiger charge is -2.04. The van der Waals surface area contributed by atoms with E-state index in [4.69, 9.17) is 4.42 Å². The van der Waals surface area contributed by atoms with Gasteiger partial charge in [-0.1, -0.05) is 11.6 Å². The Morgan fingerprint density at radius 1 is 1.09 bits per heavy atom. The minimum atomic E-state index is -4.60. The Morgan fingerprint density at radius 3 is 2.52 bits per heavy atom. The molecule has 0 aliphatic heterocycles. The lowest BCUT2D eigenvalue weighted by molar-refractivity contribution is -0.152. The van der Waals surface area contributed by atoms with Crippen molar-refractivity contribution in [2.75, 3.05) is 0 Å². The number of halogens is 3. The van der Waals surface area contributed by atoms with E-state index in [-0.39, 0.29) is 22.8 Å². The molecule has 4 nitrogen and oxygen atoms in total. The van der Waals surface area contributed by atoms with Crippen molar-refractivity contribution in [3.8, 4) is 28.3 Å². The third-order valence-corrected chi connectivity index (χ3v) is 3.41. The van der Waals surface area contributed by atoms with Gasteiger partial charge in [-0.15, -0.1) is 0 Å². The van der Waals surface area contributed by atoms with Gasteiger partial charge in [-0.2, -0.15) is 18.3 Å². The van der Waals surface area contributed by atoms with Crippen molar-refractivity contribution >= 4 is 0 Å². The minimum Gasteiger partial charge on any atom is -0.507 e. The van der Waals surface area contributed by atoms with Gasteiger partial charge in [-0.3, -0.25) is 5.10 Å². The summed E-state index contributed by atoms with van der Waals surface area (Å²) in [5.74, 6) is -0.915. The average Bonchev–Trinajstić information content (AvgIpc) is 3.07. The SMILES string of the molecule is Cc1ccc(O)c(-c2cc(-c3cc(C)oc3C(F)(F)F)n[nH]2)c1. The van der Waals surface area contributed by atoms with Crippen LogP contribution < -0.4 is 0 Å². The number of aryl methyl sites for hydroxylation is 2. The van der Waals surface area contributed by atoms with E-state index in [9.17, 15) is 18.3 Å². The molecule has 0 fully saturated rings. The predicted octanol–water partition coefficient (Wildman–Crippen LogP) is 4.68.